The van der Waals surface area contributed by atoms with Crippen LogP contribution in [0.25, 0.3) is 0 Å². The van der Waals surface area contributed by atoms with E-state index in [9.17, 15) is 0 Å². The van der Waals surface area contributed by atoms with E-state index in [2.05, 4.69) is 11.9 Å². The zero-order chi connectivity index (χ0) is 7.98. The molecule has 0 aliphatic rings. The van der Waals surface area contributed by atoms with Gasteiger partial charge in [0.1, 0.15) is 0 Å². The SMILES string of the molecule is C=CC(O)OC(C)CNC. The van der Waals surface area contributed by atoms with Crippen LogP contribution in [0.15, 0.2) is 12.7 Å². The van der Waals surface area contributed by atoms with E-state index >= 15 is 0 Å². The fraction of sp³-hybridized carbons (Fsp3) is 0.714. The summed E-state index contributed by atoms with van der Waals surface area (Å²) in [4.78, 5) is 0. The lowest BCUT2D eigenvalue weighted by Crippen LogP contribution is -2.27. The van der Waals surface area contributed by atoms with Crippen LogP contribution in [0.5, 0.6) is 0 Å². The van der Waals surface area contributed by atoms with Crippen molar-refractivity contribution in [1.29, 1.82) is 0 Å². The van der Waals surface area contributed by atoms with E-state index in [0.717, 1.165) is 6.54 Å². The molecule has 0 saturated carbocycles. The van der Waals surface area contributed by atoms with Crippen LogP contribution in [-0.2, 0) is 4.74 Å². The van der Waals surface area contributed by atoms with Crippen molar-refractivity contribution >= 4 is 0 Å². The highest BCUT2D eigenvalue weighted by atomic mass is 16.6. The Labute approximate surface area is 61.7 Å². The Morgan fingerprint density at radius 1 is 1.80 bits per heavy atom. The highest BCUT2D eigenvalue weighted by Gasteiger charge is 2.04. The first-order chi connectivity index (χ1) is 4.70. The van der Waals surface area contributed by atoms with E-state index in [-0.39, 0.29) is 6.10 Å². The molecule has 0 aromatic carbocycles. The van der Waals surface area contributed by atoms with Gasteiger partial charge in [-0.15, -0.1) is 0 Å². The lowest BCUT2D eigenvalue weighted by Gasteiger charge is -2.14. The molecular formula is C7H15NO2. The molecule has 10 heavy (non-hydrogen) atoms. The molecule has 60 valence electrons. The van der Waals surface area contributed by atoms with Crippen molar-refractivity contribution in [3.05, 3.63) is 12.7 Å². The number of hydrogen-bond donors (Lipinski definition) is 2. The molecule has 0 radical (unpaired) electrons. The number of aliphatic hydroxyl groups is 1. The fourth-order valence-corrected chi connectivity index (χ4v) is 0.629. The van der Waals surface area contributed by atoms with Gasteiger partial charge in [-0.05, 0) is 20.0 Å². The summed E-state index contributed by atoms with van der Waals surface area (Å²) >= 11 is 0. The Kier molecular flexibility index (Phi) is 5.20. The highest BCUT2D eigenvalue weighted by Crippen LogP contribution is 1.94. The molecule has 0 saturated heterocycles. The molecule has 0 rings (SSSR count). The molecule has 0 aromatic rings. The Bertz CT molecular complexity index is 95.6. The number of rotatable bonds is 5. The van der Waals surface area contributed by atoms with Crippen LogP contribution in [0.2, 0.25) is 0 Å². The third-order valence-electron chi connectivity index (χ3n) is 1.06. The molecule has 0 aromatic heterocycles. The van der Waals surface area contributed by atoms with E-state index in [0.29, 0.717) is 0 Å². The molecule has 0 bridgehead atoms. The zero-order valence-corrected chi connectivity index (χ0v) is 6.50. The molecule has 2 unspecified atom stereocenters. The van der Waals surface area contributed by atoms with Crippen molar-refractivity contribution in [2.45, 2.75) is 19.3 Å². The van der Waals surface area contributed by atoms with Crippen molar-refractivity contribution in [3.63, 3.8) is 0 Å². The van der Waals surface area contributed by atoms with E-state index in [1.165, 1.54) is 6.08 Å². The Balaban J connectivity index is 3.36. The molecule has 3 nitrogen and oxygen atoms in total. The standard InChI is InChI=1S/C7H15NO2/c1-4-7(9)10-6(2)5-8-3/h4,6-9H,1,5H2,2-3H3. The normalized spacial score (nSPS) is 16.3. The van der Waals surface area contributed by atoms with Gasteiger partial charge in [-0.1, -0.05) is 6.58 Å². The summed E-state index contributed by atoms with van der Waals surface area (Å²) in [5, 5.41) is 11.8. The van der Waals surface area contributed by atoms with Gasteiger partial charge < -0.3 is 15.2 Å². The Morgan fingerprint density at radius 3 is 2.80 bits per heavy atom. The first-order valence-corrected chi connectivity index (χ1v) is 3.31. The third kappa shape index (κ3) is 4.49. The summed E-state index contributed by atoms with van der Waals surface area (Å²) in [6.07, 6.45) is 0.521. The highest BCUT2D eigenvalue weighted by molar-refractivity contribution is 4.71. The molecule has 3 heteroatoms. The topological polar surface area (TPSA) is 41.5 Å². The molecule has 0 aliphatic carbocycles. The summed E-state index contributed by atoms with van der Waals surface area (Å²) in [6, 6.07) is 0. The van der Waals surface area contributed by atoms with Crippen LogP contribution in [-0.4, -0.2) is 31.1 Å². The smallest absolute Gasteiger partial charge is 0.174 e. The molecule has 0 spiro atoms. The zero-order valence-electron chi connectivity index (χ0n) is 6.50. The molecular weight excluding hydrogens is 130 g/mol. The maximum absolute atomic E-state index is 8.89. The molecule has 2 N–H and O–H groups in total. The minimum Gasteiger partial charge on any atom is -0.365 e. The second-order valence-electron chi connectivity index (χ2n) is 2.13. The van der Waals surface area contributed by atoms with Gasteiger partial charge in [-0.3, -0.25) is 0 Å². The molecule has 0 aliphatic heterocycles. The predicted molar refractivity (Wildman–Crippen MR) is 40.7 cm³/mol. The van der Waals surface area contributed by atoms with Gasteiger partial charge >= 0.3 is 0 Å². The minimum absolute atomic E-state index is 0.0120. The van der Waals surface area contributed by atoms with Crippen LogP contribution >= 0.6 is 0 Å². The number of likely N-dealkylation sites (N-methyl/N-ethyl adjacent to an activating group) is 1. The van der Waals surface area contributed by atoms with Gasteiger partial charge in [-0.2, -0.15) is 0 Å². The van der Waals surface area contributed by atoms with Gasteiger partial charge in [0, 0.05) is 6.54 Å². The lowest BCUT2D eigenvalue weighted by molar-refractivity contribution is -0.0968. The number of ether oxygens (including phenoxy) is 1. The van der Waals surface area contributed by atoms with Crippen molar-refractivity contribution < 1.29 is 9.84 Å². The maximum Gasteiger partial charge on any atom is 0.174 e. The second-order valence-corrected chi connectivity index (χ2v) is 2.13. The van der Waals surface area contributed by atoms with Gasteiger partial charge in [-0.25, -0.2) is 0 Å². The van der Waals surface area contributed by atoms with Crippen molar-refractivity contribution in [2.24, 2.45) is 0 Å². The van der Waals surface area contributed by atoms with Gasteiger partial charge in [0.2, 0.25) is 0 Å². The quantitative estimate of drug-likeness (QED) is 0.426. The monoisotopic (exact) mass is 145 g/mol. The lowest BCUT2D eigenvalue weighted by atomic mass is 10.4. The molecule has 2 atom stereocenters. The van der Waals surface area contributed by atoms with Gasteiger partial charge in [0.25, 0.3) is 0 Å². The Morgan fingerprint density at radius 2 is 2.40 bits per heavy atom. The van der Waals surface area contributed by atoms with Crippen LogP contribution in [0.4, 0.5) is 0 Å². The van der Waals surface area contributed by atoms with Crippen molar-refractivity contribution in [2.75, 3.05) is 13.6 Å². The fourth-order valence-electron chi connectivity index (χ4n) is 0.629. The van der Waals surface area contributed by atoms with Crippen molar-refractivity contribution in [1.82, 2.24) is 5.32 Å². The average molecular weight is 145 g/mol. The number of nitrogens with one attached hydrogen (secondary N) is 1. The summed E-state index contributed by atoms with van der Waals surface area (Å²) in [7, 11) is 1.83. The van der Waals surface area contributed by atoms with Crippen LogP contribution in [0.3, 0.4) is 0 Å². The molecule has 0 amide bonds. The minimum atomic E-state index is -0.844. The largest absolute Gasteiger partial charge is 0.365 e. The first-order valence-electron chi connectivity index (χ1n) is 3.31. The molecule has 0 fully saturated rings. The van der Waals surface area contributed by atoms with Gasteiger partial charge in [0.15, 0.2) is 6.29 Å². The average Bonchev–Trinajstić information content (AvgIpc) is 1.88. The number of aliphatic hydroxyl groups excluding tert-OH is 1. The molecule has 0 heterocycles. The predicted octanol–water partition coefficient (Wildman–Crippen LogP) is 0.115. The third-order valence-corrected chi connectivity index (χ3v) is 1.06. The summed E-state index contributed by atoms with van der Waals surface area (Å²) in [6.45, 7) is 5.98. The summed E-state index contributed by atoms with van der Waals surface area (Å²) in [5.74, 6) is 0. The van der Waals surface area contributed by atoms with E-state index in [4.69, 9.17) is 9.84 Å². The summed E-state index contributed by atoms with van der Waals surface area (Å²) in [5.41, 5.74) is 0. The van der Waals surface area contributed by atoms with Crippen molar-refractivity contribution in [3.8, 4) is 0 Å². The van der Waals surface area contributed by atoms with Gasteiger partial charge in [0.05, 0.1) is 6.10 Å². The first kappa shape index (κ1) is 9.62. The van der Waals surface area contributed by atoms with E-state index < -0.39 is 6.29 Å². The second kappa shape index (κ2) is 5.41. The number of hydrogen-bond acceptors (Lipinski definition) is 3. The van der Waals surface area contributed by atoms with E-state index in [1.807, 2.05) is 14.0 Å². The van der Waals surface area contributed by atoms with Crippen LogP contribution in [0, 0.1) is 0 Å². The van der Waals surface area contributed by atoms with E-state index in [1.54, 1.807) is 0 Å². The summed E-state index contributed by atoms with van der Waals surface area (Å²) < 4.78 is 5.01. The van der Waals surface area contributed by atoms with Crippen LogP contribution < -0.4 is 5.32 Å². The maximum atomic E-state index is 8.89. The van der Waals surface area contributed by atoms with Crippen LogP contribution in [0.1, 0.15) is 6.92 Å². The Hall–Kier alpha value is -0.380.